The fourth-order valence-corrected chi connectivity index (χ4v) is 1.99. The highest BCUT2D eigenvalue weighted by Gasteiger charge is 2.11. The van der Waals surface area contributed by atoms with E-state index in [0.717, 1.165) is 5.56 Å². The van der Waals surface area contributed by atoms with Gasteiger partial charge in [0.25, 0.3) is 0 Å². The molecular formula is C15H12N2O3. The number of nitrogens with one attached hydrogen (secondary N) is 1. The Balaban J connectivity index is 1.85. The largest absolute Gasteiger partial charge is 0.478 e. The molecule has 0 aliphatic heterocycles. The van der Waals surface area contributed by atoms with Crippen molar-refractivity contribution in [3.8, 4) is 5.88 Å². The van der Waals surface area contributed by atoms with Crippen molar-refractivity contribution in [1.82, 2.24) is 9.97 Å². The molecular weight excluding hydrogens is 256 g/mol. The summed E-state index contributed by atoms with van der Waals surface area (Å²) in [5.41, 5.74) is 1.92. The normalized spacial score (nSPS) is 10.6. The molecule has 20 heavy (non-hydrogen) atoms. The molecule has 0 atom stereocenters. The van der Waals surface area contributed by atoms with E-state index in [1.165, 1.54) is 6.20 Å². The van der Waals surface area contributed by atoms with Gasteiger partial charge in [0.2, 0.25) is 5.88 Å². The predicted molar refractivity (Wildman–Crippen MR) is 73.8 cm³/mol. The summed E-state index contributed by atoms with van der Waals surface area (Å²) in [6, 6.07) is 11.4. The third-order valence-corrected chi connectivity index (χ3v) is 3.00. The van der Waals surface area contributed by atoms with Crippen LogP contribution in [-0.2, 0) is 6.61 Å². The van der Waals surface area contributed by atoms with Gasteiger partial charge in [0.05, 0.1) is 17.3 Å². The minimum atomic E-state index is -0.976. The molecule has 0 spiro atoms. The first-order valence-corrected chi connectivity index (χ1v) is 6.11. The average Bonchev–Trinajstić information content (AvgIpc) is 2.89. The van der Waals surface area contributed by atoms with Gasteiger partial charge in [-0.1, -0.05) is 30.3 Å². The molecule has 2 aromatic heterocycles. The monoisotopic (exact) mass is 268 g/mol. The lowest BCUT2D eigenvalue weighted by molar-refractivity contribution is 0.0699. The molecule has 2 N–H and O–H groups in total. The SMILES string of the molecule is O=C(O)c1c[nH]c2cnc(OCc3ccccc3)cc12. The van der Waals surface area contributed by atoms with Crippen LogP contribution in [0.15, 0.2) is 48.8 Å². The van der Waals surface area contributed by atoms with Crippen LogP contribution >= 0.6 is 0 Å². The quantitative estimate of drug-likeness (QED) is 0.763. The van der Waals surface area contributed by atoms with E-state index in [0.29, 0.717) is 23.4 Å². The second-order valence-corrected chi connectivity index (χ2v) is 4.35. The van der Waals surface area contributed by atoms with Gasteiger partial charge in [-0.05, 0) is 5.56 Å². The first-order chi connectivity index (χ1) is 9.74. The molecule has 0 aliphatic carbocycles. The van der Waals surface area contributed by atoms with E-state index in [9.17, 15) is 4.79 Å². The van der Waals surface area contributed by atoms with Crippen LogP contribution in [0.25, 0.3) is 10.9 Å². The first kappa shape index (κ1) is 12.2. The summed E-state index contributed by atoms with van der Waals surface area (Å²) < 4.78 is 5.59. The second-order valence-electron chi connectivity index (χ2n) is 4.35. The average molecular weight is 268 g/mol. The topological polar surface area (TPSA) is 75.2 Å². The van der Waals surface area contributed by atoms with E-state index in [4.69, 9.17) is 9.84 Å². The minimum Gasteiger partial charge on any atom is -0.478 e. The zero-order valence-corrected chi connectivity index (χ0v) is 10.5. The number of hydrogen-bond acceptors (Lipinski definition) is 3. The van der Waals surface area contributed by atoms with Crippen LogP contribution in [0.2, 0.25) is 0 Å². The summed E-state index contributed by atoms with van der Waals surface area (Å²) >= 11 is 0. The second kappa shape index (κ2) is 5.05. The van der Waals surface area contributed by atoms with Crippen LogP contribution < -0.4 is 4.74 Å². The molecule has 0 saturated carbocycles. The number of carboxylic acids is 1. The number of aromatic amines is 1. The smallest absolute Gasteiger partial charge is 0.337 e. The van der Waals surface area contributed by atoms with Gasteiger partial charge in [-0.3, -0.25) is 0 Å². The zero-order valence-electron chi connectivity index (χ0n) is 10.5. The Labute approximate surface area is 114 Å². The van der Waals surface area contributed by atoms with Crippen molar-refractivity contribution in [3.63, 3.8) is 0 Å². The fraction of sp³-hybridized carbons (Fsp3) is 0.0667. The van der Waals surface area contributed by atoms with Crippen molar-refractivity contribution in [3.05, 3.63) is 59.9 Å². The number of aromatic carboxylic acids is 1. The molecule has 0 fully saturated rings. The highest BCUT2D eigenvalue weighted by atomic mass is 16.5. The van der Waals surface area contributed by atoms with Gasteiger partial charge < -0.3 is 14.8 Å². The Morgan fingerprint density at radius 3 is 2.85 bits per heavy atom. The molecule has 100 valence electrons. The molecule has 2 heterocycles. The number of nitrogens with zero attached hydrogens (tertiary/aromatic N) is 1. The van der Waals surface area contributed by atoms with Crippen molar-refractivity contribution in [2.75, 3.05) is 0 Å². The third-order valence-electron chi connectivity index (χ3n) is 3.00. The fourth-order valence-electron chi connectivity index (χ4n) is 1.99. The van der Waals surface area contributed by atoms with E-state index < -0.39 is 5.97 Å². The van der Waals surface area contributed by atoms with Crippen molar-refractivity contribution in [2.45, 2.75) is 6.61 Å². The molecule has 0 radical (unpaired) electrons. The van der Waals surface area contributed by atoms with Crippen molar-refractivity contribution in [2.24, 2.45) is 0 Å². The van der Waals surface area contributed by atoms with Crippen LogP contribution in [0.4, 0.5) is 0 Å². The van der Waals surface area contributed by atoms with Crippen LogP contribution in [0.5, 0.6) is 5.88 Å². The van der Waals surface area contributed by atoms with E-state index >= 15 is 0 Å². The van der Waals surface area contributed by atoms with Crippen LogP contribution in [0, 0.1) is 0 Å². The lowest BCUT2D eigenvalue weighted by Crippen LogP contribution is -1.98. The van der Waals surface area contributed by atoms with Gasteiger partial charge in [0.1, 0.15) is 6.61 Å². The number of rotatable bonds is 4. The van der Waals surface area contributed by atoms with Crippen molar-refractivity contribution < 1.29 is 14.6 Å². The molecule has 0 bridgehead atoms. The highest BCUT2D eigenvalue weighted by Crippen LogP contribution is 2.22. The Hall–Kier alpha value is -2.82. The maximum absolute atomic E-state index is 11.1. The maximum Gasteiger partial charge on any atom is 0.337 e. The van der Waals surface area contributed by atoms with Crippen LogP contribution in [0.3, 0.4) is 0 Å². The molecule has 3 aromatic rings. The lowest BCUT2D eigenvalue weighted by Gasteiger charge is -2.05. The number of carbonyl (C=O) groups is 1. The Morgan fingerprint density at radius 2 is 2.10 bits per heavy atom. The van der Waals surface area contributed by atoms with Crippen molar-refractivity contribution >= 4 is 16.9 Å². The first-order valence-electron chi connectivity index (χ1n) is 6.11. The molecule has 5 nitrogen and oxygen atoms in total. The molecule has 5 heteroatoms. The molecule has 0 aliphatic rings. The van der Waals surface area contributed by atoms with Crippen LogP contribution in [-0.4, -0.2) is 21.0 Å². The van der Waals surface area contributed by atoms with Crippen LogP contribution in [0.1, 0.15) is 15.9 Å². The van der Waals surface area contributed by atoms with Gasteiger partial charge in [-0.2, -0.15) is 0 Å². The number of ether oxygens (including phenoxy) is 1. The third kappa shape index (κ3) is 2.33. The zero-order chi connectivity index (χ0) is 13.9. The van der Waals surface area contributed by atoms with Gasteiger partial charge in [-0.25, -0.2) is 9.78 Å². The van der Waals surface area contributed by atoms with Crippen molar-refractivity contribution in [1.29, 1.82) is 0 Å². The molecule has 0 unspecified atom stereocenters. The highest BCUT2D eigenvalue weighted by molar-refractivity contribution is 6.03. The molecule has 0 amide bonds. The summed E-state index contributed by atoms with van der Waals surface area (Å²) in [4.78, 5) is 18.1. The van der Waals surface area contributed by atoms with Gasteiger partial charge in [0.15, 0.2) is 0 Å². The number of fused-ring (bicyclic) bond motifs is 1. The molecule has 3 rings (SSSR count). The lowest BCUT2D eigenvalue weighted by atomic mass is 10.2. The van der Waals surface area contributed by atoms with Gasteiger partial charge in [-0.15, -0.1) is 0 Å². The number of aromatic nitrogens is 2. The van der Waals surface area contributed by atoms with E-state index in [-0.39, 0.29) is 5.56 Å². The van der Waals surface area contributed by atoms with Gasteiger partial charge >= 0.3 is 5.97 Å². The minimum absolute atomic E-state index is 0.215. The molecule has 1 aromatic carbocycles. The predicted octanol–water partition coefficient (Wildman–Crippen LogP) is 2.84. The summed E-state index contributed by atoms with van der Waals surface area (Å²) in [6.45, 7) is 0.395. The summed E-state index contributed by atoms with van der Waals surface area (Å²) in [7, 11) is 0. The van der Waals surface area contributed by atoms with E-state index in [1.54, 1.807) is 12.3 Å². The number of benzene rings is 1. The number of H-pyrrole nitrogens is 1. The number of hydrogen-bond donors (Lipinski definition) is 2. The summed E-state index contributed by atoms with van der Waals surface area (Å²) in [5, 5.41) is 9.68. The number of pyridine rings is 1. The Morgan fingerprint density at radius 1 is 1.30 bits per heavy atom. The maximum atomic E-state index is 11.1. The summed E-state index contributed by atoms with van der Waals surface area (Å²) in [5.74, 6) is -0.570. The Bertz CT molecular complexity index is 750. The number of carboxylic acid groups (broad SMARTS) is 1. The summed E-state index contributed by atoms with van der Waals surface area (Å²) in [6.07, 6.45) is 3.03. The van der Waals surface area contributed by atoms with Gasteiger partial charge in [0, 0.05) is 17.6 Å². The van der Waals surface area contributed by atoms with E-state index in [1.807, 2.05) is 30.3 Å². The molecule has 0 saturated heterocycles. The Kier molecular flexibility index (Phi) is 3.09. The van der Waals surface area contributed by atoms with E-state index in [2.05, 4.69) is 9.97 Å². The standard InChI is InChI=1S/C15H12N2O3/c18-15(19)12-7-16-13-8-17-14(6-11(12)13)20-9-10-4-2-1-3-5-10/h1-8,16H,9H2,(H,18,19).